The first-order valence-electron chi connectivity index (χ1n) is 3.67. The van der Waals surface area contributed by atoms with Gasteiger partial charge in [-0.25, -0.2) is 8.78 Å². The van der Waals surface area contributed by atoms with Gasteiger partial charge in [0.05, 0.1) is 22.2 Å². The fraction of sp³-hybridized carbons (Fsp3) is 0.286. The number of hydrogen-bond acceptors (Lipinski definition) is 2. The van der Waals surface area contributed by atoms with Gasteiger partial charge in [0.15, 0.2) is 0 Å². The maximum atomic E-state index is 13.4. The molecule has 1 heterocycles. The first-order chi connectivity index (χ1) is 6.99. The summed E-state index contributed by atoms with van der Waals surface area (Å²) in [5.41, 5.74) is 7.39. The standard InChI is InChI=1S/C7H4Cl2F2N4/c8-4-1-13-2-5(9)6(4)7(10,11)3-14-15-12/h1-2H,3H2. The van der Waals surface area contributed by atoms with Crippen molar-refractivity contribution in [2.75, 3.05) is 6.54 Å². The van der Waals surface area contributed by atoms with E-state index in [-0.39, 0.29) is 10.0 Å². The van der Waals surface area contributed by atoms with Gasteiger partial charge in [-0.15, -0.1) is 0 Å². The van der Waals surface area contributed by atoms with Crippen molar-refractivity contribution in [3.05, 3.63) is 38.4 Å². The molecule has 0 atom stereocenters. The number of alkyl halides is 2. The molecule has 0 amide bonds. The molecule has 0 radical (unpaired) electrons. The number of hydrogen-bond donors (Lipinski definition) is 0. The molecule has 0 aliphatic carbocycles. The summed E-state index contributed by atoms with van der Waals surface area (Å²) in [4.78, 5) is 5.79. The third kappa shape index (κ3) is 2.68. The molecule has 8 heteroatoms. The highest BCUT2D eigenvalue weighted by molar-refractivity contribution is 6.35. The lowest BCUT2D eigenvalue weighted by Gasteiger charge is -2.16. The number of nitrogens with zero attached hydrogens (tertiary/aromatic N) is 4. The predicted octanol–water partition coefficient (Wildman–Crippen LogP) is 3.79. The lowest BCUT2D eigenvalue weighted by molar-refractivity contribution is 0.00626. The van der Waals surface area contributed by atoms with Gasteiger partial charge in [0.25, 0.3) is 5.92 Å². The number of rotatable bonds is 3. The average Bonchev–Trinajstić information content (AvgIpc) is 2.14. The van der Waals surface area contributed by atoms with Crippen LogP contribution in [0.2, 0.25) is 10.0 Å². The summed E-state index contributed by atoms with van der Waals surface area (Å²) in [6.45, 7) is -1.03. The highest BCUT2D eigenvalue weighted by Crippen LogP contribution is 2.37. The van der Waals surface area contributed by atoms with Crippen molar-refractivity contribution in [1.29, 1.82) is 0 Å². The molecule has 0 bridgehead atoms. The largest absolute Gasteiger partial charge is 0.281 e. The molecule has 0 fully saturated rings. The minimum atomic E-state index is -3.40. The van der Waals surface area contributed by atoms with Gasteiger partial charge < -0.3 is 0 Å². The predicted molar refractivity (Wildman–Crippen MR) is 52.2 cm³/mol. The zero-order valence-corrected chi connectivity index (χ0v) is 8.67. The minimum Gasteiger partial charge on any atom is -0.262 e. The first kappa shape index (κ1) is 12.0. The van der Waals surface area contributed by atoms with Crippen LogP contribution in [0.4, 0.5) is 8.78 Å². The molecule has 15 heavy (non-hydrogen) atoms. The molecular weight excluding hydrogens is 249 g/mol. The second kappa shape index (κ2) is 4.61. The summed E-state index contributed by atoms with van der Waals surface area (Å²) in [6, 6.07) is 0. The van der Waals surface area contributed by atoms with Crippen molar-refractivity contribution < 1.29 is 8.78 Å². The van der Waals surface area contributed by atoms with E-state index in [1.807, 2.05) is 0 Å². The molecule has 4 nitrogen and oxygen atoms in total. The molecular formula is C7H4Cl2F2N4. The Labute approximate surface area is 93.5 Å². The van der Waals surface area contributed by atoms with Crippen LogP contribution in [0.3, 0.4) is 0 Å². The van der Waals surface area contributed by atoms with Gasteiger partial charge in [0.2, 0.25) is 0 Å². The van der Waals surface area contributed by atoms with E-state index in [0.29, 0.717) is 0 Å². The van der Waals surface area contributed by atoms with Gasteiger partial charge in [-0.1, -0.05) is 28.3 Å². The summed E-state index contributed by atoms with van der Waals surface area (Å²) >= 11 is 11.1. The summed E-state index contributed by atoms with van der Waals surface area (Å²) in [6.07, 6.45) is 2.10. The van der Waals surface area contributed by atoms with Crippen LogP contribution in [0.5, 0.6) is 0 Å². The van der Waals surface area contributed by atoms with Crippen molar-refractivity contribution in [3.8, 4) is 0 Å². The Morgan fingerprint density at radius 1 is 1.40 bits per heavy atom. The van der Waals surface area contributed by atoms with Crippen LogP contribution in [-0.4, -0.2) is 11.5 Å². The Bertz CT molecular complexity index is 397. The van der Waals surface area contributed by atoms with E-state index in [9.17, 15) is 8.78 Å². The third-order valence-corrected chi connectivity index (χ3v) is 2.12. The quantitative estimate of drug-likeness (QED) is 0.459. The molecule has 0 unspecified atom stereocenters. The van der Waals surface area contributed by atoms with Gasteiger partial charge in [0, 0.05) is 17.3 Å². The summed E-state index contributed by atoms with van der Waals surface area (Å²) < 4.78 is 26.8. The molecule has 0 N–H and O–H groups in total. The molecule has 1 aromatic rings. The lowest BCUT2D eigenvalue weighted by Crippen LogP contribution is -2.18. The molecule has 1 rings (SSSR count). The van der Waals surface area contributed by atoms with Crippen molar-refractivity contribution >= 4 is 23.2 Å². The summed E-state index contributed by atoms with van der Waals surface area (Å²) in [7, 11) is 0. The van der Waals surface area contributed by atoms with Gasteiger partial charge >= 0.3 is 0 Å². The number of azide groups is 1. The van der Waals surface area contributed by atoms with Crippen LogP contribution in [0.1, 0.15) is 5.56 Å². The molecule has 0 aromatic carbocycles. The number of halogens is 4. The monoisotopic (exact) mass is 252 g/mol. The zero-order valence-electron chi connectivity index (χ0n) is 7.16. The highest BCUT2D eigenvalue weighted by Gasteiger charge is 2.35. The Morgan fingerprint density at radius 2 is 1.93 bits per heavy atom. The van der Waals surface area contributed by atoms with Crippen molar-refractivity contribution in [3.63, 3.8) is 0 Å². The first-order valence-corrected chi connectivity index (χ1v) is 4.43. The number of aromatic nitrogens is 1. The van der Waals surface area contributed by atoms with E-state index in [2.05, 4.69) is 15.0 Å². The molecule has 0 spiro atoms. The van der Waals surface area contributed by atoms with Crippen LogP contribution in [-0.2, 0) is 5.92 Å². The van der Waals surface area contributed by atoms with Crippen LogP contribution in [0.15, 0.2) is 17.5 Å². The van der Waals surface area contributed by atoms with Crippen LogP contribution in [0.25, 0.3) is 10.4 Å². The topological polar surface area (TPSA) is 61.7 Å². The molecule has 1 aromatic heterocycles. The smallest absolute Gasteiger partial charge is 0.262 e. The second-order valence-corrected chi connectivity index (χ2v) is 3.39. The Hall–Kier alpha value is -1.10. The Balaban J connectivity index is 3.19. The fourth-order valence-corrected chi connectivity index (χ4v) is 1.60. The lowest BCUT2D eigenvalue weighted by atomic mass is 10.1. The molecule has 80 valence electrons. The van der Waals surface area contributed by atoms with E-state index in [0.717, 1.165) is 12.4 Å². The van der Waals surface area contributed by atoms with Crippen molar-refractivity contribution in [1.82, 2.24) is 4.98 Å². The van der Waals surface area contributed by atoms with Crippen LogP contribution in [0, 0.1) is 0 Å². The van der Waals surface area contributed by atoms with Gasteiger partial charge in [0.1, 0.15) is 0 Å². The van der Waals surface area contributed by atoms with Crippen molar-refractivity contribution in [2.24, 2.45) is 5.11 Å². The minimum absolute atomic E-state index is 0.263. The highest BCUT2D eigenvalue weighted by atomic mass is 35.5. The van der Waals surface area contributed by atoms with E-state index in [1.165, 1.54) is 0 Å². The average molecular weight is 253 g/mol. The van der Waals surface area contributed by atoms with Crippen LogP contribution < -0.4 is 0 Å². The van der Waals surface area contributed by atoms with E-state index >= 15 is 0 Å². The van der Waals surface area contributed by atoms with E-state index < -0.39 is 18.0 Å². The second-order valence-electron chi connectivity index (χ2n) is 2.57. The van der Waals surface area contributed by atoms with Crippen LogP contribution >= 0.6 is 23.2 Å². The van der Waals surface area contributed by atoms with Crippen molar-refractivity contribution in [2.45, 2.75) is 5.92 Å². The van der Waals surface area contributed by atoms with E-state index in [1.54, 1.807) is 0 Å². The van der Waals surface area contributed by atoms with Gasteiger partial charge in [-0.05, 0) is 5.53 Å². The summed E-state index contributed by atoms with van der Waals surface area (Å²) in [5.74, 6) is -3.40. The SMILES string of the molecule is [N-]=[N+]=NCC(F)(F)c1c(Cl)cncc1Cl. The summed E-state index contributed by atoms with van der Waals surface area (Å²) in [5, 5.41) is 2.27. The molecule has 0 aliphatic heterocycles. The maximum Gasteiger partial charge on any atom is 0.281 e. The Kier molecular flexibility index (Phi) is 3.68. The van der Waals surface area contributed by atoms with Gasteiger partial charge in [-0.2, -0.15) is 0 Å². The van der Waals surface area contributed by atoms with Gasteiger partial charge in [-0.3, -0.25) is 4.98 Å². The molecule has 0 saturated carbocycles. The van der Waals surface area contributed by atoms with E-state index in [4.69, 9.17) is 28.7 Å². The maximum absolute atomic E-state index is 13.4. The third-order valence-electron chi connectivity index (χ3n) is 1.55. The number of pyridine rings is 1. The Morgan fingerprint density at radius 3 is 2.40 bits per heavy atom. The fourth-order valence-electron chi connectivity index (χ4n) is 0.960. The molecule has 0 saturated heterocycles. The molecule has 0 aliphatic rings. The normalized spacial score (nSPS) is 10.9. The zero-order chi connectivity index (χ0) is 11.5.